The summed E-state index contributed by atoms with van der Waals surface area (Å²) in [4.78, 5) is 17.9. The fourth-order valence-corrected chi connectivity index (χ4v) is 4.27. The summed E-state index contributed by atoms with van der Waals surface area (Å²) < 4.78 is 28.8. The van der Waals surface area contributed by atoms with E-state index in [1.54, 1.807) is 29.4 Å². The summed E-state index contributed by atoms with van der Waals surface area (Å²) >= 11 is 0. The molecule has 2 aromatic rings. The van der Waals surface area contributed by atoms with Crippen LogP contribution < -0.4 is 0 Å². The van der Waals surface area contributed by atoms with Crippen LogP contribution in [-0.2, 0) is 21.9 Å². The van der Waals surface area contributed by atoms with Gasteiger partial charge in [-0.15, -0.1) is 0 Å². The van der Waals surface area contributed by atoms with Gasteiger partial charge in [-0.1, -0.05) is 6.92 Å². The Balaban J connectivity index is 1.82. The second-order valence-corrected chi connectivity index (χ2v) is 7.58. The summed E-state index contributed by atoms with van der Waals surface area (Å²) in [5, 5.41) is 0. The van der Waals surface area contributed by atoms with E-state index >= 15 is 0 Å². The molecule has 0 radical (unpaired) electrons. The van der Waals surface area contributed by atoms with Gasteiger partial charge in [0, 0.05) is 39.6 Å². The number of piperazine rings is 1. The average molecular weight is 336 g/mol. The number of fused-ring (bicyclic) bond motifs is 1. The molecule has 2 heterocycles. The molecule has 0 N–H and O–H groups in total. The minimum Gasteiger partial charge on any atom is -0.340 e. The van der Waals surface area contributed by atoms with E-state index in [9.17, 15) is 13.2 Å². The van der Waals surface area contributed by atoms with Crippen LogP contribution in [0.15, 0.2) is 29.4 Å². The third-order valence-corrected chi connectivity index (χ3v) is 6.12. The Kier molecular flexibility index (Phi) is 4.11. The summed E-state index contributed by atoms with van der Waals surface area (Å²) in [6, 6.07) is 4.99. The summed E-state index contributed by atoms with van der Waals surface area (Å²) in [5.41, 5.74) is 1.55. The van der Waals surface area contributed by atoms with Crippen LogP contribution in [0.25, 0.3) is 11.0 Å². The number of hydrogen-bond donors (Lipinski definition) is 0. The van der Waals surface area contributed by atoms with Crippen molar-refractivity contribution < 1.29 is 13.2 Å². The number of imidazole rings is 1. The van der Waals surface area contributed by atoms with E-state index < -0.39 is 10.0 Å². The van der Waals surface area contributed by atoms with Gasteiger partial charge in [0.05, 0.1) is 22.3 Å². The molecule has 1 fully saturated rings. The smallest absolute Gasteiger partial charge is 0.243 e. The number of nitrogens with zero attached hydrogens (tertiary/aromatic N) is 4. The van der Waals surface area contributed by atoms with Crippen molar-refractivity contribution in [2.24, 2.45) is 7.05 Å². The van der Waals surface area contributed by atoms with Crippen LogP contribution in [0.4, 0.5) is 0 Å². The minimum absolute atomic E-state index is 0.0666. The second-order valence-electron chi connectivity index (χ2n) is 5.64. The Morgan fingerprint density at radius 1 is 1.22 bits per heavy atom. The van der Waals surface area contributed by atoms with E-state index in [2.05, 4.69) is 4.98 Å². The van der Waals surface area contributed by atoms with Crippen molar-refractivity contribution in [3.63, 3.8) is 0 Å². The molecule has 1 aromatic carbocycles. The predicted octanol–water partition coefficient (Wildman–Crippen LogP) is 0.816. The van der Waals surface area contributed by atoms with Crippen molar-refractivity contribution in [1.82, 2.24) is 18.8 Å². The molecule has 0 saturated carbocycles. The van der Waals surface area contributed by atoms with Crippen molar-refractivity contribution in [2.45, 2.75) is 18.2 Å². The Morgan fingerprint density at radius 3 is 2.57 bits per heavy atom. The highest BCUT2D eigenvalue weighted by molar-refractivity contribution is 7.89. The molecule has 1 saturated heterocycles. The molecule has 23 heavy (non-hydrogen) atoms. The van der Waals surface area contributed by atoms with Gasteiger partial charge in [0.25, 0.3) is 0 Å². The number of aryl methyl sites for hydroxylation is 1. The number of rotatable bonds is 3. The molecule has 8 heteroatoms. The Labute approximate surface area is 135 Å². The molecule has 124 valence electrons. The van der Waals surface area contributed by atoms with Gasteiger partial charge in [-0.3, -0.25) is 4.79 Å². The molecular weight excluding hydrogens is 316 g/mol. The predicted molar refractivity (Wildman–Crippen MR) is 86.3 cm³/mol. The Bertz CT molecular complexity index is 836. The summed E-state index contributed by atoms with van der Waals surface area (Å²) in [7, 11) is -1.69. The summed E-state index contributed by atoms with van der Waals surface area (Å²) in [6.07, 6.45) is 2.11. The molecular formula is C15H20N4O3S. The van der Waals surface area contributed by atoms with Crippen molar-refractivity contribution in [2.75, 3.05) is 26.2 Å². The lowest BCUT2D eigenvalue weighted by atomic mass is 10.3. The first kappa shape index (κ1) is 15.9. The van der Waals surface area contributed by atoms with Crippen LogP contribution >= 0.6 is 0 Å². The number of benzene rings is 1. The SMILES string of the molecule is CCC(=O)N1CCN(S(=O)(=O)c2ccc3c(c2)ncn3C)CC1. The van der Waals surface area contributed by atoms with Gasteiger partial charge in [0.2, 0.25) is 15.9 Å². The molecule has 1 amide bonds. The van der Waals surface area contributed by atoms with E-state index in [1.165, 1.54) is 4.31 Å². The number of hydrogen-bond acceptors (Lipinski definition) is 4. The third-order valence-electron chi connectivity index (χ3n) is 4.23. The lowest BCUT2D eigenvalue weighted by Crippen LogP contribution is -2.50. The van der Waals surface area contributed by atoms with E-state index in [1.807, 2.05) is 18.5 Å². The lowest BCUT2D eigenvalue weighted by Gasteiger charge is -2.33. The van der Waals surface area contributed by atoms with Crippen molar-refractivity contribution in [3.8, 4) is 0 Å². The number of aromatic nitrogens is 2. The van der Waals surface area contributed by atoms with Crippen molar-refractivity contribution >= 4 is 27.0 Å². The zero-order chi connectivity index (χ0) is 16.6. The van der Waals surface area contributed by atoms with Crippen LogP contribution in [0, 0.1) is 0 Å². The number of carbonyl (C=O) groups is 1. The highest BCUT2D eigenvalue weighted by atomic mass is 32.2. The average Bonchev–Trinajstić information content (AvgIpc) is 2.95. The highest BCUT2D eigenvalue weighted by Gasteiger charge is 2.29. The summed E-state index contributed by atoms with van der Waals surface area (Å²) in [6.45, 7) is 3.35. The molecule has 1 aliphatic heterocycles. The molecule has 0 spiro atoms. The maximum atomic E-state index is 12.8. The van der Waals surface area contributed by atoms with E-state index in [4.69, 9.17) is 0 Å². The van der Waals surface area contributed by atoms with Gasteiger partial charge in [0.1, 0.15) is 0 Å². The maximum absolute atomic E-state index is 12.8. The Morgan fingerprint density at radius 2 is 1.91 bits per heavy atom. The van der Waals surface area contributed by atoms with Crippen LogP contribution in [0.3, 0.4) is 0 Å². The minimum atomic E-state index is -3.55. The number of amides is 1. The first-order valence-electron chi connectivity index (χ1n) is 7.62. The van der Waals surface area contributed by atoms with Crippen LogP contribution in [-0.4, -0.2) is 59.3 Å². The van der Waals surface area contributed by atoms with Crippen molar-refractivity contribution in [3.05, 3.63) is 24.5 Å². The lowest BCUT2D eigenvalue weighted by molar-refractivity contribution is -0.132. The van der Waals surface area contributed by atoms with Crippen LogP contribution in [0.2, 0.25) is 0 Å². The first-order valence-corrected chi connectivity index (χ1v) is 9.06. The van der Waals surface area contributed by atoms with Gasteiger partial charge in [-0.05, 0) is 18.2 Å². The van der Waals surface area contributed by atoms with Crippen molar-refractivity contribution in [1.29, 1.82) is 0 Å². The molecule has 3 rings (SSSR count). The monoisotopic (exact) mass is 336 g/mol. The number of carbonyl (C=O) groups excluding carboxylic acids is 1. The molecule has 7 nitrogen and oxygen atoms in total. The van der Waals surface area contributed by atoms with Crippen LogP contribution in [0.1, 0.15) is 13.3 Å². The molecule has 0 aliphatic carbocycles. The fraction of sp³-hybridized carbons (Fsp3) is 0.467. The Hall–Kier alpha value is -1.93. The van der Waals surface area contributed by atoms with Gasteiger partial charge in [0.15, 0.2) is 0 Å². The molecule has 0 atom stereocenters. The van der Waals surface area contributed by atoms with Gasteiger partial charge >= 0.3 is 0 Å². The number of sulfonamides is 1. The molecule has 0 bridgehead atoms. The van der Waals surface area contributed by atoms with Crippen LogP contribution in [0.5, 0.6) is 0 Å². The molecule has 1 aliphatic rings. The fourth-order valence-electron chi connectivity index (χ4n) is 2.83. The standard InChI is InChI=1S/C15H20N4O3S/c1-3-15(20)18-6-8-19(9-7-18)23(21,22)12-4-5-14-13(10-12)16-11-17(14)2/h4-5,10-11H,3,6-9H2,1-2H3. The molecule has 0 unspecified atom stereocenters. The molecule has 1 aromatic heterocycles. The maximum Gasteiger partial charge on any atom is 0.243 e. The van der Waals surface area contributed by atoms with E-state index in [0.29, 0.717) is 38.1 Å². The zero-order valence-electron chi connectivity index (χ0n) is 13.3. The second kappa shape index (κ2) is 5.93. The first-order chi connectivity index (χ1) is 10.9. The van der Waals surface area contributed by atoms with Gasteiger partial charge < -0.3 is 9.47 Å². The summed E-state index contributed by atoms with van der Waals surface area (Å²) in [5.74, 6) is 0.0666. The van der Waals surface area contributed by atoms with Gasteiger partial charge in [-0.2, -0.15) is 4.31 Å². The quantitative estimate of drug-likeness (QED) is 0.831. The van der Waals surface area contributed by atoms with E-state index in [0.717, 1.165) is 5.52 Å². The topological polar surface area (TPSA) is 75.5 Å². The zero-order valence-corrected chi connectivity index (χ0v) is 14.1. The van der Waals surface area contributed by atoms with Gasteiger partial charge in [-0.25, -0.2) is 13.4 Å². The van der Waals surface area contributed by atoms with E-state index in [-0.39, 0.29) is 10.8 Å². The normalized spacial score (nSPS) is 16.9. The highest BCUT2D eigenvalue weighted by Crippen LogP contribution is 2.22. The third kappa shape index (κ3) is 2.84. The largest absolute Gasteiger partial charge is 0.340 e.